The number of carbonyl (C=O) groups is 1. The Balaban J connectivity index is 1.73. The van der Waals surface area contributed by atoms with E-state index < -0.39 is 23.4 Å². The lowest BCUT2D eigenvalue weighted by Gasteiger charge is -2.08. The third-order valence-electron chi connectivity index (χ3n) is 3.64. The summed E-state index contributed by atoms with van der Waals surface area (Å²) in [6.45, 7) is 1.70. The number of hydrogen-bond acceptors (Lipinski definition) is 2. The molecule has 2 aliphatic rings. The molecule has 1 saturated heterocycles. The van der Waals surface area contributed by atoms with Gasteiger partial charge in [-0.1, -0.05) is 0 Å². The number of rotatable bonds is 2. The number of hydrogen-bond donors (Lipinski definition) is 2. The zero-order chi connectivity index (χ0) is 12.9. The average molecular weight is 256 g/mol. The highest BCUT2D eigenvalue weighted by Gasteiger charge is 2.53. The summed E-state index contributed by atoms with van der Waals surface area (Å²) in [5.41, 5.74) is -0.190. The maximum atomic E-state index is 13.0. The molecule has 2 N–H and O–H groups in total. The summed E-state index contributed by atoms with van der Waals surface area (Å²) in [4.78, 5) is 11.8. The molecule has 1 aromatic carbocycles. The third kappa shape index (κ3) is 1.77. The monoisotopic (exact) mass is 256 g/mol. The van der Waals surface area contributed by atoms with Gasteiger partial charge >= 0.3 is 0 Å². The second-order valence-electron chi connectivity index (χ2n) is 4.74. The number of benzene rings is 1. The molecule has 1 aliphatic carbocycles. The van der Waals surface area contributed by atoms with Crippen molar-refractivity contribution in [3.05, 3.63) is 35.1 Å². The van der Waals surface area contributed by atoms with Crippen molar-refractivity contribution in [2.75, 3.05) is 13.1 Å². The predicted octanol–water partition coefficient (Wildman–Crippen LogP) is 1.05. The van der Waals surface area contributed by atoms with Crippen molar-refractivity contribution in [1.82, 2.24) is 10.6 Å². The molecule has 2 atom stereocenters. The van der Waals surface area contributed by atoms with E-state index in [1.165, 1.54) is 0 Å². The Labute approximate surface area is 101 Å². The highest BCUT2D eigenvalue weighted by Crippen LogP contribution is 2.41. The summed E-state index contributed by atoms with van der Waals surface area (Å²) in [5.74, 6) is -4.00. The summed E-state index contributed by atoms with van der Waals surface area (Å²) in [7, 11) is 0. The molecule has 6 heteroatoms. The van der Waals surface area contributed by atoms with Crippen LogP contribution in [0, 0.1) is 29.3 Å². The van der Waals surface area contributed by atoms with E-state index in [9.17, 15) is 18.0 Å². The Kier molecular flexibility index (Phi) is 2.55. The minimum Gasteiger partial charge on any atom is -0.349 e. The second kappa shape index (κ2) is 3.98. The van der Waals surface area contributed by atoms with E-state index in [-0.39, 0.29) is 11.6 Å². The smallest absolute Gasteiger partial charge is 0.251 e. The molecule has 1 amide bonds. The molecule has 0 bridgehead atoms. The highest BCUT2D eigenvalue weighted by atomic mass is 19.2. The van der Waals surface area contributed by atoms with Crippen molar-refractivity contribution < 1.29 is 18.0 Å². The fourth-order valence-electron chi connectivity index (χ4n) is 2.55. The predicted molar refractivity (Wildman–Crippen MR) is 57.4 cm³/mol. The van der Waals surface area contributed by atoms with Gasteiger partial charge in [0.15, 0.2) is 17.5 Å². The van der Waals surface area contributed by atoms with Crippen molar-refractivity contribution in [3.63, 3.8) is 0 Å². The molecule has 3 nitrogen and oxygen atoms in total. The van der Waals surface area contributed by atoms with Gasteiger partial charge in [-0.3, -0.25) is 4.79 Å². The van der Waals surface area contributed by atoms with Crippen LogP contribution in [0.5, 0.6) is 0 Å². The van der Waals surface area contributed by atoms with Gasteiger partial charge in [0.2, 0.25) is 0 Å². The molecule has 1 aliphatic heterocycles. The highest BCUT2D eigenvalue weighted by molar-refractivity contribution is 5.94. The Bertz CT molecular complexity index is 487. The largest absolute Gasteiger partial charge is 0.349 e. The standard InChI is InChI=1S/C12H11F3N2O/c13-8-1-5(2-9(14)10(8)15)12(18)17-11-6-3-16-4-7(6)11/h1-2,6-7,11,16H,3-4H2,(H,17,18). The number of carbonyl (C=O) groups excluding carboxylic acids is 1. The zero-order valence-corrected chi connectivity index (χ0v) is 9.34. The van der Waals surface area contributed by atoms with Crippen LogP contribution in [-0.4, -0.2) is 25.0 Å². The van der Waals surface area contributed by atoms with Gasteiger partial charge in [0.1, 0.15) is 0 Å². The van der Waals surface area contributed by atoms with Crippen LogP contribution >= 0.6 is 0 Å². The van der Waals surface area contributed by atoms with Gasteiger partial charge < -0.3 is 10.6 Å². The first-order valence-corrected chi connectivity index (χ1v) is 5.74. The summed E-state index contributed by atoms with van der Waals surface area (Å²) in [5, 5.41) is 5.88. The van der Waals surface area contributed by atoms with Gasteiger partial charge in [0.05, 0.1) is 0 Å². The fourth-order valence-corrected chi connectivity index (χ4v) is 2.55. The first-order valence-electron chi connectivity index (χ1n) is 5.74. The first-order chi connectivity index (χ1) is 8.58. The lowest BCUT2D eigenvalue weighted by molar-refractivity contribution is 0.0945. The quantitative estimate of drug-likeness (QED) is 0.777. The van der Waals surface area contributed by atoms with Crippen molar-refractivity contribution in [1.29, 1.82) is 0 Å². The lowest BCUT2D eigenvalue weighted by Crippen LogP contribution is -2.32. The molecule has 2 unspecified atom stereocenters. The molecule has 1 heterocycles. The number of halogens is 3. The van der Waals surface area contributed by atoms with E-state index in [1.807, 2.05) is 0 Å². The molecule has 96 valence electrons. The number of piperidine rings is 1. The van der Waals surface area contributed by atoms with E-state index >= 15 is 0 Å². The Morgan fingerprint density at radius 2 is 1.72 bits per heavy atom. The normalized spacial score (nSPS) is 28.9. The topological polar surface area (TPSA) is 41.1 Å². The average Bonchev–Trinajstić information content (AvgIpc) is 2.77. The maximum absolute atomic E-state index is 13.0. The minimum atomic E-state index is -1.56. The molecule has 18 heavy (non-hydrogen) atoms. The van der Waals surface area contributed by atoms with Gasteiger partial charge in [0, 0.05) is 24.7 Å². The van der Waals surface area contributed by atoms with Crippen LogP contribution < -0.4 is 10.6 Å². The van der Waals surface area contributed by atoms with Crippen LogP contribution in [-0.2, 0) is 0 Å². The second-order valence-corrected chi connectivity index (χ2v) is 4.74. The lowest BCUT2D eigenvalue weighted by atomic mass is 10.2. The van der Waals surface area contributed by atoms with Gasteiger partial charge in [-0.05, 0) is 24.0 Å². The van der Waals surface area contributed by atoms with E-state index in [0.717, 1.165) is 13.1 Å². The Morgan fingerprint density at radius 1 is 1.17 bits per heavy atom. The van der Waals surface area contributed by atoms with E-state index in [4.69, 9.17) is 0 Å². The van der Waals surface area contributed by atoms with Crippen molar-refractivity contribution in [2.24, 2.45) is 11.8 Å². The van der Waals surface area contributed by atoms with E-state index in [0.29, 0.717) is 24.0 Å². The van der Waals surface area contributed by atoms with Gasteiger partial charge in [-0.15, -0.1) is 0 Å². The Hall–Kier alpha value is -1.56. The van der Waals surface area contributed by atoms with Crippen LogP contribution in [0.15, 0.2) is 12.1 Å². The van der Waals surface area contributed by atoms with Gasteiger partial charge in [-0.25, -0.2) is 13.2 Å². The number of fused-ring (bicyclic) bond motifs is 1. The Morgan fingerprint density at radius 3 is 2.28 bits per heavy atom. The first kappa shape index (κ1) is 11.5. The van der Waals surface area contributed by atoms with Crippen LogP contribution in [0.1, 0.15) is 10.4 Å². The molecular weight excluding hydrogens is 245 g/mol. The molecular formula is C12H11F3N2O. The molecule has 1 aromatic rings. The minimum absolute atomic E-state index is 0.0647. The van der Waals surface area contributed by atoms with Crippen LogP contribution in [0.2, 0.25) is 0 Å². The summed E-state index contributed by atoms with van der Waals surface area (Å²) < 4.78 is 38.7. The van der Waals surface area contributed by atoms with Crippen LogP contribution in [0.3, 0.4) is 0 Å². The molecule has 0 spiro atoms. The van der Waals surface area contributed by atoms with Gasteiger partial charge in [-0.2, -0.15) is 0 Å². The summed E-state index contributed by atoms with van der Waals surface area (Å²) in [6, 6.07) is 1.49. The van der Waals surface area contributed by atoms with E-state index in [2.05, 4.69) is 10.6 Å². The zero-order valence-electron chi connectivity index (χ0n) is 9.34. The fraction of sp³-hybridized carbons (Fsp3) is 0.417. The molecule has 2 fully saturated rings. The van der Waals surface area contributed by atoms with E-state index in [1.54, 1.807) is 0 Å². The van der Waals surface area contributed by atoms with Crippen molar-refractivity contribution >= 4 is 5.91 Å². The van der Waals surface area contributed by atoms with Gasteiger partial charge in [0.25, 0.3) is 5.91 Å². The van der Waals surface area contributed by atoms with Crippen molar-refractivity contribution in [3.8, 4) is 0 Å². The number of nitrogens with one attached hydrogen (secondary N) is 2. The summed E-state index contributed by atoms with van der Waals surface area (Å²) in [6.07, 6.45) is 0. The maximum Gasteiger partial charge on any atom is 0.251 e. The van der Waals surface area contributed by atoms with Crippen LogP contribution in [0.4, 0.5) is 13.2 Å². The SMILES string of the molecule is O=C(NC1C2CNCC21)c1cc(F)c(F)c(F)c1. The molecule has 0 aromatic heterocycles. The summed E-state index contributed by atoms with van der Waals surface area (Å²) >= 11 is 0. The molecule has 3 rings (SSSR count). The number of amides is 1. The molecule has 0 radical (unpaired) electrons. The third-order valence-corrected chi connectivity index (χ3v) is 3.64. The van der Waals surface area contributed by atoms with Crippen LogP contribution in [0.25, 0.3) is 0 Å². The molecule has 1 saturated carbocycles. The van der Waals surface area contributed by atoms with Crippen molar-refractivity contribution in [2.45, 2.75) is 6.04 Å².